The van der Waals surface area contributed by atoms with Gasteiger partial charge in [-0.2, -0.15) is 5.10 Å². The van der Waals surface area contributed by atoms with Crippen LogP contribution in [-0.4, -0.2) is 40.2 Å². The molecule has 0 fully saturated rings. The molecule has 1 amide bonds. The van der Waals surface area contributed by atoms with Gasteiger partial charge in [-0.15, -0.1) is 0 Å². The number of benzene rings is 1. The van der Waals surface area contributed by atoms with E-state index in [-0.39, 0.29) is 11.7 Å². The lowest BCUT2D eigenvalue weighted by molar-refractivity contribution is -0.133. The van der Waals surface area contributed by atoms with E-state index in [4.69, 9.17) is 32.4 Å². The third-order valence-electron chi connectivity index (χ3n) is 3.90. The van der Waals surface area contributed by atoms with Gasteiger partial charge in [-0.1, -0.05) is 29.3 Å². The highest BCUT2D eigenvalue weighted by Gasteiger charge is 2.17. The summed E-state index contributed by atoms with van der Waals surface area (Å²) in [6.45, 7) is 0.305. The normalized spacial score (nSPS) is 10.7. The number of nitrogens with zero attached hydrogens (tertiary/aromatic N) is 3. The summed E-state index contributed by atoms with van der Waals surface area (Å²) in [5, 5.41) is 4.92. The molecular formula is C19H17Cl2N3O4. The van der Waals surface area contributed by atoms with Crippen LogP contribution in [0.15, 0.2) is 53.2 Å². The summed E-state index contributed by atoms with van der Waals surface area (Å²) >= 11 is 11.9. The molecule has 0 aliphatic heterocycles. The number of carbonyl (C=O) groups is 2. The SMILES string of the molecule is CN(Cc1ccc(Cl)c(Cl)c1)C(=O)COC(=O)c1ccc(Cn2cccn2)o1. The van der Waals surface area contributed by atoms with E-state index < -0.39 is 12.6 Å². The van der Waals surface area contributed by atoms with Gasteiger partial charge in [0.05, 0.1) is 16.6 Å². The molecule has 146 valence electrons. The Labute approximate surface area is 171 Å². The van der Waals surface area contributed by atoms with Gasteiger partial charge in [-0.3, -0.25) is 9.48 Å². The number of ether oxygens (including phenoxy) is 1. The summed E-state index contributed by atoms with van der Waals surface area (Å²) in [6.07, 6.45) is 3.43. The van der Waals surface area contributed by atoms with Crippen molar-refractivity contribution >= 4 is 35.1 Å². The Kier molecular flexibility index (Phi) is 6.38. The number of rotatable bonds is 7. The van der Waals surface area contributed by atoms with Gasteiger partial charge in [0.25, 0.3) is 5.91 Å². The van der Waals surface area contributed by atoms with Gasteiger partial charge in [0.2, 0.25) is 5.76 Å². The maximum atomic E-state index is 12.2. The maximum Gasteiger partial charge on any atom is 0.374 e. The molecular weight excluding hydrogens is 405 g/mol. The number of esters is 1. The lowest BCUT2D eigenvalue weighted by atomic mass is 10.2. The molecule has 3 aromatic rings. The quantitative estimate of drug-likeness (QED) is 0.544. The van der Waals surface area contributed by atoms with Crippen LogP contribution < -0.4 is 0 Å². The first-order valence-corrected chi connectivity index (χ1v) is 9.09. The molecule has 0 atom stereocenters. The van der Waals surface area contributed by atoms with Crippen molar-refractivity contribution in [3.63, 3.8) is 0 Å². The number of carbonyl (C=O) groups excluding carboxylic acids is 2. The van der Waals surface area contributed by atoms with Crippen LogP contribution in [0.1, 0.15) is 21.9 Å². The summed E-state index contributed by atoms with van der Waals surface area (Å²) in [7, 11) is 1.60. The first kappa shape index (κ1) is 20.0. The minimum absolute atomic E-state index is 0.0297. The molecule has 0 unspecified atom stereocenters. The number of amides is 1. The summed E-state index contributed by atoms with van der Waals surface area (Å²) in [5.74, 6) is -0.480. The van der Waals surface area contributed by atoms with Crippen LogP contribution in [-0.2, 0) is 22.6 Å². The van der Waals surface area contributed by atoms with Crippen molar-refractivity contribution in [1.29, 1.82) is 0 Å². The number of aromatic nitrogens is 2. The van der Waals surface area contributed by atoms with Crippen LogP contribution in [0.4, 0.5) is 0 Å². The second-order valence-corrected chi connectivity index (χ2v) is 6.86. The summed E-state index contributed by atoms with van der Waals surface area (Å²) in [4.78, 5) is 25.7. The van der Waals surface area contributed by atoms with Crippen LogP contribution >= 0.6 is 23.2 Å². The molecule has 9 heteroatoms. The molecule has 0 bridgehead atoms. The Bertz CT molecular complexity index is 969. The van der Waals surface area contributed by atoms with Crippen LogP contribution in [0.5, 0.6) is 0 Å². The van der Waals surface area contributed by atoms with Gasteiger partial charge in [0.15, 0.2) is 6.61 Å². The van der Waals surface area contributed by atoms with Crippen molar-refractivity contribution in [2.75, 3.05) is 13.7 Å². The molecule has 0 radical (unpaired) electrons. The second-order valence-electron chi connectivity index (χ2n) is 6.04. The number of hydrogen-bond acceptors (Lipinski definition) is 5. The molecule has 0 aliphatic rings. The van der Waals surface area contributed by atoms with Crippen molar-refractivity contribution in [2.45, 2.75) is 13.1 Å². The zero-order chi connectivity index (χ0) is 20.1. The lowest BCUT2D eigenvalue weighted by Crippen LogP contribution is -2.30. The van der Waals surface area contributed by atoms with E-state index in [1.807, 2.05) is 0 Å². The number of hydrogen-bond donors (Lipinski definition) is 0. The minimum atomic E-state index is -0.706. The van der Waals surface area contributed by atoms with E-state index >= 15 is 0 Å². The Morgan fingerprint density at radius 3 is 2.75 bits per heavy atom. The average molecular weight is 422 g/mol. The average Bonchev–Trinajstić information content (AvgIpc) is 3.35. The third kappa shape index (κ3) is 5.15. The minimum Gasteiger partial charge on any atom is -0.452 e. The molecule has 28 heavy (non-hydrogen) atoms. The molecule has 3 rings (SSSR count). The van der Waals surface area contributed by atoms with Gasteiger partial charge >= 0.3 is 5.97 Å². The second kappa shape index (κ2) is 8.95. The van der Waals surface area contributed by atoms with Crippen LogP contribution in [0.3, 0.4) is 0 Å². The number of likely N-dealkylation sites (N-methyl/N-ethyl adjacent to an activating group) is 1. The molecule has 1 aromatic carbocycles. The smallest absolute Gasteiger partial charge is 0.374 e. The summed E-state index contributed by atoms with van der Waals surface area (Å²) in [5.41, 5.74) is 0.811. The Hall–Kier alpha value is -2.77. The Morgan fingerprint density at radius 2 is 2.04 bits per heavy atom. The van der Waals surface area contributed by atoms with Crippen molar-refractivity contribution in [1.82, 2.24) is 14.7 Å². The molecule has 0 saturated carbocycles. The maximum absolute atomic E-state index is 12.2. The van der Waals surface area contributed by atoms with Crippen LogP contribution in [0.25, 0.3) is 0 Å². The molecule has 7 nitrogen and oxygen atoms in total. The molecule has 0 spiro atoms. The van der Waals surface area contributed by atoms with Crippen LogP contribution in [0, 0.1) is 0 Å². The summed E-state index contributed by atoms with van der Waals surface area (Å²) < 4.78 is 12.2. The monoisotopic (exact) mass is 421 g/mol. The van der Waals surface area contributed by atoms with Gasteiger partial charge in [0.1, 0.15) is 5.76 Å². The van der Waals surface area contributed by atoms with E-state index in [0.29, 0.717) is 28.9 Å². The highest BCUT2D eigenvalue weighted by Crippen LogP contribution is 2.23. The lowest BCUT2D eigenvalue weighted by Gasteiger charge is -2.17. The zero-order valence-corrected chi connectivity index (χ0v) is 16.5. The van der Waals surface area contributed by atoms with E-state index in [1.165, 1.54) is 11.0 Å². The standard InChI is InChI=1S/C19H17Cl2N3O4/c1-23(10-13-3-5-15(20)16(21)9-13)18(25)12-27-19(26)17-6-4-14(28-17)11-24-8-2-7-22-24/h2-9H,10-12H2,1H3. The fourth-order valence-corrected chi connectivity index (χ4v) is 2.76. The number of halogens is 2. The fraction of sp³-hybridized carbons (Fsp3) is 0.211. The topological polar surface area (TPSA) is 77.6 Å². The van der Waals surface area contributed by atoms with E-state index in [2.05, 4.69) is 5.10 Å². The highest BCUT2D eigenvalue weighted by atomic mass is 35.5. The first-order chi connectivity index (χ1) is 13.4. The number of furan rings is 1. The van der Waals surface area contributed by atoms with E-state index in [9.17, 15) is 9.59 Å². The van der Waals surface area contributed by atoms with Crippen molar-refractivity contribution in [3.8, 4) is 0 Å². The largest absolute Gasteiger partial charge is 0.452 e. The first-order valence-electron chi connectivity index (χ1n) is 8.33. The van der Waals surface area contributed by atoms with Crippen LogP contribution in [0.2, 0.25) is 10.0 Å². The Balaban J connectivity index is 1.50. The third-order valence-corrected chi connectivity index (χ3v) is 4.64. The van der Waals surface area contributed by atoms with E-state index in [0.717, 1.165) is 5.56 Å². The van der Waals surface area contributed by atoms with Crippen molar-refractivity contribution < 1.29 is 18.7 Å². The molecule has 0 aliphatic carbocycles. The highest BCUT2D eigenvalue weighted by molar-refractivity contribution is 6.42. The Morgan fingerprint density at radius 1 is 1.21 bits per heavy atom. The van der Waals surface area contributed by atoms with Crippen molar-refractivity contribution in [3.05, 3.63) is 75.9 Å². The van der Waals surface area contributed by atoms with Gasteiger partial charge in [-0.05, 0) is 35.9 Å². The summed E-state index contributed by atoms with van der Waals surface area (Å²) in [6, 6.07) is 10.1. The molecule has 2 aromatic heterocycles. The van der Waals surface area contributed by atoms with Gasteiger partial charge in [0, 0.05) is 26.0 Å². The zero-order valence-electron chi connectivity index (χ0n) is 15.0. The molecule has 2 heterocycles. The molecule has 0 saturated heterocycles. The van der Waals surface area contributed by atoms with E-state index in [1.54, 1.807) is 54.5 Å². The predicted molar refractivity (Wildman–Crippen MR) is 103 cm³/mol. The van der Waals surface area contributed by atoms with Crippen molar-refractivity contribution in [2.24, 2.45) is 0 Å². The van der Waals surface area contributed by atoms with Gasteiger partial charge < -0.3 is 14.1 Å². The van der Waals surface area contributed by atoms with Gasteiger partial charge in [-0.25, -0.2) is 4.79 Å². The fourth-order valence-electron chi connectivity index (χ4n) is 2.43. The molecule has 0 N–H and O–H groups in total. The predicted octanol–water partition coefficient (Wildman–Crippen LogP) is 3.65.